The molecule has 3 heterocycles. The number of pyridine rings is 1. The van der Waals surface area contributed by atoms with Crippen LogP contribution in [-0.4, -0.2) is 41.0 Å². The summed E-state index contributed by atoms with van der Waals surface area (Å²) in [6.45, 7) is 25.4. The van der Waals surface area contributed by atoms with Crippen molar-refractivity contribution >= 4 is 17.9 Å². The molecule has 0 radical (unpaired) electrons. The van der Waals surface area contributed by atoms with Crippen LogP contribution >= 0.6 is 11.6 Å². The van der Waals surface area contributed by atoms with Crippen LogP contribution in [-0.2, 0) is 17.6 Å². The molecule has 1 fully saturated rings. The second kappa shape index (κ2) is 25.4. The van der Waals surface area contributed by atoms with E-state index in [1.165, 1.54) is 48.8 Å². The average molecular weight is 901 g/mol. The van der Waals surface area contributed by atoms with E-state index in [1.54, 1.807) is 18.2 Å². The van der Waals surface area contributed by atoms with Gasteiger partial charge in [-0.1, -0.05) is 81.2 Å². The molecule has 1 aliphatic rings. The molecule has 2 aromatic carbocycles. The average Bonchev–Trinajstić information content (AvgIpc) is 3.50. The molecule has 0 amide bonds. The summed E-state index contributed by atoms with van der Waals surface area (Å²) in [7, 11) is 0. The van der Waals surface area contributed by atoms with Crippen LogP contribution in [0.3, 0.4) is 0 Å². The Labute approximate surface area is 318 Å². The van der Waals surface area contributed by atoms with Crippen LogP contribution in [0, 0.1) is 64.6 Å². The van der Waals surface area contributed by atoms with Gasteiger partial charge in [-0.2, -0.15) is 17.7 Å². The smallest absolute Gasteiger partial charge is 0.136 e. The quantitative estimate of drug-likeness (QED) is 0.143. The molecule has 4 aromatic rings. The van der Waals surface area contributed by atoms with Gasteiger partial charge in [-0.25, -0.2) is 4.39 Å². The summed E-state index contributed by atoms with van der Waals surface area (Å²) in [5.41, 5.74) is 8.32. The normalized spacial score (nSPS) is 12.2. The molecule has 0 bridgehead atoms. The van der Waals surface area contributed by atoms with E-state index in [4.69, 9.17) is 16.1 Å². The van der Waals surface area contributed by atoms with Crippen LogP contribution < -0.4 is 0 Å². The summed E-state index contributed by atoms with van der Waals surface area (Å²) in [4.78, 5) is 17.3. The third kappa shape index (κ3) is 17.7. The first-order valence-corrected chi connectivity index (χ1v) is 16.9. The Morgan fingerprint density at radius 3 is 2.08 bits per heavy atom. The molecule has 1 saturated heterocycles. The number of carbonyl (C=O) groups excluding carboxylic acids is 1. The van der Waals surface area contributed by atoms with E-state index in [9.17, 15) is 9.18 Å². The van der Waals surface area contributed by atoms with Crippen LogP contribution in [0.5, 0.6) is 0 Å². The fourth-order valence-electron chi connectivity index (χ4n) is 4.76. The number of benzene rings is 2. The van der Waals surface area contributed by atoms with Crippen LogP contribution in [0.1, 0.15) is 98.5 Å². The van der Waals surface area contributed by atoms with Crippen molar-refractivity contribution in [3.63, 3.8) is 0 Å². The van der Waals surface area contributed by atoms with Crippen LogP contribution in [0.15, 0.2) is 77.3 Å². The fraction of sp³-hybridized carbons (Fsp3) is 0.425. The number of aryl methyl sites for hydroxylation is 6. The minimum Gasteiger partial charge on any atom is -0.376 e. The molecule has 260 valence electrons. The van der Waals surface area contributed by atoms with Crippen molar-refractivity contribution in [2.45, 2.75) is 93.9 Å². The van der Waals surface area contributed by atoms with Gasteiger partial charge in [0.15, 0.2) is 0 Å². The van der Waals surface area contributed by atoms with E-state index in [2.05, 4.69) is 53.7 Å². The Morgan fingerprint density at radius 2 is 1.62 bits per heavy atom. The predicted molar refractivity (Wildman–Crippen MR) is 196 cm³/mol. The number of hydrogen-bond donors (Lipinski definition) is 0. The second-order valence-electron chi connectivity index (χ2n) is 11.5. The molecular weight excluding hydrogens is 847 g/mol. The molecular formula is C40H54ClFN3O2U-. The molecule has 0 N–H and O–H groups in total. The first kappa shape index (κ1) is 45.4. The van der Waals surface area contributed by atoms with Gasteiger partial charge in [0, 0.05) is 72.5 Å². The molecule has 2 aromatic heterocycles. The first-order valence-electron chi connectivity index (χ1n) is 16.6. The van der Waals surface area contributed by atoms with E-state index >= 15 is 0 Å². The zero-order valence-electron chi connectivity index (χ0n) is 30.4. The van der Waals surface area contributed by atoms with Crippen molar-refractivity contribution in [3.05, 3.63) is 129 Å². The molecule has 5 rings (SSSR count). The largest absolute Gasteiger partial charge is 0.376 e. The number of hydrogen-bond acceptors (Lipinski definition) is 5. The van der Waals surface area contributed by atoms with Gasteiger partial charge in [-0.15, -0.1) is 11.6 Å². The maximum Gasteiger partial charge on any atom is 0.136 e. The van der Waals surface area contributed by atoms with E-state index in [-0.39, 0.29) is 36.9 Å². The van der Waals surface area contributed by atoms with Gasteiger partial charge in [0.05, 0.1) is 12.0 Å². The zero-order valence-corrected chi connectivity index (χ0v) is 35.3. The van der Waals surface area contributed by atoms with Crippen molar-refractivity contribution in [1.29, 1.82) is 0 Å². The van der Waals surface area contributed by atoms with Gasteiger partial charge in [-0.05, 0) is 89.9 Å². The van der Waals surface area contributed by atoms with Gasteiger partial charge >= 0.3 is 0 Å². The Morgan fingerprint density at radius 1 is 0.958 bits per heavy atom. The van der Waals surface area contributed by atoms with Crippen molar-refractivity contribution in [2.24, 2.45) is 0 Å². The van der Waals surface area contributed by atoms with Gasteiger partial charge < -0.3 is 9.32 Å². The minimum atomic E-state index is -0.213. The van der Waals surface area contributed by atoms with E-state index in [1.807, 2.05) is 73.0 Å². The summed E-state index contributed by atoms with van der Waals surface area (Å²) in [6.07, 6.45) is 5.94. The topological polar surface area (TPSA) is 59.2 Å². The zero-order chi connectivity index (χ0) is 35.4. The molecule has 48 heavy (non-hydrogen) atoms. The van der Waals surface area contributed by atoms with E-state index in [0.29, 0.717) is 28.5 Å². The molecule has 0 unspecified atom stereocenters. The van der Waals surface area contributed by atoms with Crippen LogP contribution in [0.2, 0.25) is 5.02 Å². The summed E-state index contributed by atoms with van der Waals surface area (Å²) < 4.78 is 17.6. The molecule has 0 saturated carbocycles. The third-order valence-corrected chi connectivity index (χ3v) is 7.69. The van der Waals surface area contributed by atoms with E-state index < -0.39 is 0 Å². The second-order valence-corrected chi connectivity index (χ2v) is 11.9. The predicted octanol–water partition coefficient (Wildman–Crippen LogP) is 10.5. The molecule has 5 nitrogen and oxygen atoms in total. The summed E-state index contributed by atoms with van der Waals surface area (Å²) >= 11 is 5.53. The number of rotatable bonds is 6. The van der Waals surface area contributed by atoms with Crippen LogP contribution in [0.4, 0.5) is 4.39 Å². The van der Waals surface area contributed by atoms with Crippen LogP contribution in [0.25, 0.3) is 0 Å². The van der Waals surface area contributed by atoms with E-state index in [0.717, 1.165) is 35.7 Å². The molecule has 0 aliphatic carbocycles. The SMILES string of the molecule is C=C(C)CN1CCC(c2cccc(C)n2)CC1.CC.CCc1cc(C)no1.CCc1ccc(Cl)cc1F.Cc1ccc([C-]=O)cc1C.[U]. The monoisotopic (exact) mass is 900 g/mol. The number of aromatic nitrogens is 2. The van der Waals surface area contributed by atoms with Crippen molar-refractivity contribution in [3.8, 4) is 0 Å². The fourth-order valence-corrected chi connectivity index (χ4v) is 4.92. The summed E-state index contributed by atoms with van der Waals surface area (Å²) in [6, 6.07) is 18.6. The molecule has 8 heteroatoms. The number of halogens is 2. The Hall–Kier alpha value is -2.56. The molecule has 0 spiro atoms. The summed E-state index contributed by atoms with van der Waals surface area (Å²) in [5.74, 6) is 1.40. The van der Waals surface area contributed by atoms with Crippen molar-refractivity contribution < 1.29 is 44.8 Å². The Bertz CT molecular complexity index is 1500. The summed E-state index contributed by atoms with van der Waals surface area (Å²) in [5, 5.41) is 4.17. The van der Waals surface area contributed by atoms with Crippen molar-refractivity contribution in [1.82, 2.24) is 15.0 Å². The third-order valence-electron chi connectivity index (χ3n) is 7.46. The maximum absolute atomic E-state index is 12.8. The molecule has 0 atom stereocenters. The Kier molecular flexibility index (Phi) is 24.1. The van der Waals surface area contributed by atoms with Gasteiger partial charge in [0.1, 0.15) is 11.6 Å². The number of likely N-dealkylation sites (tertiary alicyclic amines) is 1. The molecule has 1 aliphatic heterocycles. The van der Waals surface area contributed by atoms with Gasteiger partial charge in [0.2, 0.25) is 0 Å². The minimum absolute atomic E-state index is 0. The first-order chi connectivity index (χ1) is 22.4. The maximum atomic E-state index is 12.8. The number of piperidine rings is 1. The number of nitrogens with zero attached hydrogens (tertiary/aromatic N) is 3. The Balaban J connectivity index is 0.000000624. The van der Waals surface area contributed by atoms with Gasteiger partial charge in [-0.3, -0.25) is 9.88 Å². The van der Waals surface area contributed by atoms with Crippen molar-refractivity contribution in [2.75, 3.05) is 19.6 Å². The standard InChI is InChI=1S/C15H22N2.C9H9O.C8H8ClF.C6H9NO.C2H6.U/c1-12(2)11-17-9-7-14(8-10-17)15-6-4-5-13(3)16-15;1-7-3-4-9(6-10)5-8(7)2;1-2-6-3-4-7(9)5-8(6)10;1-3-6-4-5(2)7-8-6;1-2;/h4-6,14H,1,7-11H2,2-3H3;3-5H,1-2H3;3-5H,2H2,1H3;4H,3H2,1-2H3;1-2H3;/q;-1;;;;. The van der Waals surface area contributed by atoms with Gasteiger partial charge in [0.25, 0.3) is 0 Å².